The molecule has 1 aliphatic carbocycles. The number of aldehydes is 1. The molecule has 0 unspecified atom stereocenters. The van der Waals surface area contributed by atoms with E-state index >= 15 is 0 Å². The van der Waals surface area contributed by atoms with Gasteiger partial charge in [-0.2, -0.15) is 4.91 Å². The van der Waals surface area contributed by atoms with Crippen LogP contribution in [-0.2, 0) is 46.8 Å². The molecule has 0 aromatic carbocycles. The number of rotatable bonds is 1. The molecule has 0 heterocycles. The van der Waals surface area contributed by atoms with Gasteiger partial charge in [-0.3, -0.25) is 0 Å². The van der Waals surface area contributed by atoms with E-state index in [-0.39, 0.29) is 21.7 Å². The zero-order chi connectivity index (χ0) is 8.53. The molecule has 5 radical (unpaired) electrons. The van der Waals surface area contributed by atoms with Crippen molar-refractivity contribution in [3.05, 3.63) is 42.4 Å². The standard InChI is InChI=1S/C5H5.C3H4OS2.Co/c1-2-4-5-3-1;4-1-3(6)2-5;/h1-5H;1-2,5-6H;/q;;+3/p-2/b;3-2-;. The zero-order valence-corrected chi connectivity index (χ0v) is 8.77. The molecule has 12 heavy (non-hydrogen) atoms. The third kappa shape index (κ3) is 10.4. The Morgan fingerprint density at radius 2 is 1.42 bits per heavy atom. The van der Waals surface area contributed by atoms with E-state index in [4.69, 9.17) is 0 Å². The van der Waals surface area contributed by atoms with Gasteiger partial charge in [0.2, 0.25) is 0 Å². The monoisotopic (exact) mass is 242 g/mol. The van der Waals surface area contributed by atoms with Crippen LogP contribution in [0, 0.1) is 32.1 Å². The van der Waals surface area contributed by atoms with Crippen LogP contribution in [-0.4, -0.2) is 6.29 Å². The molecule has 1 nitrogen and oxygen atoms in total. The van der Waals surface area contributed by atoms with E-state index in [0.717, 1.165) is 0 Å². The van der Waals surface area contributed by atoms with Gasteiger partial charge in [-0.05, 0) is 32.1 Å². The van der Waals surface area contributed by atoms with Crippen LogP contribution >= 0.6 is 0 Å². The van der Waals surface area contributed by atoms with Crippen molar-refractivity contribution in [3.8, 4) is 0 Å². The van der Waals surface area contributed by atoms with Crippen molar-refractivity contribution in [1.29, 1.82) is 0 Å². The number of hydrogen-bond acceptors (Lipinski definition) is 3. The maximum Gasteiger partial charge on any atom is 3.00 e. The summed E-state index contributed by atoms with van der Waals surface area (Å²) in [5.74, 6) is 0. The molecule has 0 amide bonds. The molecular weight excluding hydrogens is 235 g/mol. The predicted octanol–water partition coefficient (Wildman–Crippen LogP) is 1.14. The summed E-state index contributed by atoms with van der Waals surface area (Å²) in [6.07, 6.45) is 10.5. The van der Waals surface area contributed by atoms with Crippen LogP contribution < -0.4 is 0 Å². The van der Waals surface area contributed by atoms with Crippen LogP contribution in [0.1, 0.15) is 0 Å². The summed E-state index contributed by atoms with van der Waals surface area (Å²) in [5, 5.41) is 1.17. The molecule has 1 rings (SSSR count). The maximum absolute atomic E-state index is 9.50. The van der Waals surface area contributed by atoms with Gasteiger partial charge in [0.1, 0.15) is 6.29 Å². The van der Waals surface area contributed by atoms with Crippen molar-refractivity contribution < 1.29 is 21.6 Å². The van der Waals surface area contributed by atoms with E-state index in [9.17, 15) is 4.79 Å². The van der Waals surface area contributed by atoms with Gasteiger partial charge in [-0.15, -0.1) is 0 Å². The molecule has 0 aliphatic heterocycles. The molecule has 0 saturated heterocycles. The fourth-order valence-corrected chi connectivity index (χ4v) is 0.404. The normalized spacial score (nSPS) is 15.5. The third-order valence-electron chi connectivity index (χ3n) is 0.788. The minimum absolute atomic E-state index is 0. The Kier molecular flexibility index (Phi) is 14.1. The average Bonchev–Trinajstić information content (AvgIpc) is 2.60. The van der Waals surface area contributed by atoms with Crippen molar-refractivity contribution in [2.24, 2.45) is 0 Å². The van der Waals surface area contributed by atoms with Crippen molar-refractivity contribution in [1.82, 2.24) is 0 Å². The van der Waals surface area contributed by atoms with Crippen LogP contribution in [0.15, 0.2) is 10.3 Å². The second kappa shape index (κ2) is 11.4. The van der Waals surface area contributed by atoms with E-state index in [1.807, 2.05) is 32.1 Å². The smallest absolute Gasteiger partial charge is 0.789 e. The Morgan fingerprint density at radius 1 is 1.08 bits per heavy atom. The molecule has 0 N–H and O–H groups in total. The molecule has 1 saturated carbocycles. The summed E-state index contributed by atoms with van der Waals surface area (Å²) >= 11 is 8.61. The third-order valence-corrected chi connectivity index (χ3v) is 1.41. The van der Waals surface area contributed by atoms with Gasteiger partial charge in [0.15, 0.2) is 0 Å². The summed E-state index contributed by atoms with van der Waals surface area (Å²) in [7, 11) is 0. The quantitative estimate of drug-likeness (QED) is 0.390. The van der Waals surface area contributed by atoms with Crippen molar-refractivity contribution >= 4 is 31.5 Å². The van der Waals surface area contributed by atoms with E-state index in [2.05, 4.69) is 25.3 Å². The van der Waals surface area contributed by atoms with Crippen LogP contribution in [0.2, 0.25) is 0 Å². The van der Waals surface area contributed by atoms with Gasteiger partial charge in [-0.25, -0.2) is 5.41 Å². The first-order valence-electron chi connectivity index (χ1n) is 2.92. The molecule has 4 heteroatoms. The summed E-state index contributed by atoms with van der Waals surface area (Å²) in [6, 6.07) is 0. The molecule has 1 fully saturated rings. The molecule has 0 aromatic heterocycles. The van der Waals surface area contributed by atoms with Gasteiger partial charge in [0.25, 0.3) is 0 Å². The van der Waals surface area contributed by atoms with Gasteiger partial charge in [0, 0.05) is 0 Å². The largest absolute Gasteiger partial charge is 3.00 e. The Bertz CT molecular complexity index is 125. The van der Waals surface area contributed by atoms with Crippen molar-refractivity contribution in [2.45, 2.75) is 0 Å². The second-order valence-corrected chi connectivity index (χ2v) is 2.31. The van der Waals surface area contributed by atoms with Gasteiger partial charge >= 0.3 is 16.8 Å². The zero-order valence-electron chi connectivity index (χ0n) is 6.10. The maximum atomic E-state index is 9.50. The van der Waals surface area contributed by atoms with Crippen LogP contribution in [0.3, 0.4) is 0 Å². The molecule has 65 valence electrons. The number of carbonyl (C=O) groups excluding carboxylic acids is 1. The summed E-state index contributed by atoms with van der Waals surface area (Å²) < 4.78 is 0. The second-order valence-electron chi connectivity index (χ2n) is 1.60. The Balaban J connectivity index is 0. The fourth-order valence-electron chi connectivity index (χ4n) is 0.349. The van der Waals surface area contributed by atoms with Crippen LogP contribution in [0.25, 0.3) is 0 Å². The van der Waals surface area contributed by atoms with Crippen LogP contribution in [0.4, 0.5) is 0 Å². The first-order valence-corrected chi connectivity index (χ1v) is 3.80. The Morgan fingerprint density at radius 3 is 1.50 bits per heavy atom. The summed E-state index contributed by atoms with van der Waals surface area (Å²) in [5.41, 5.74) is 0. The minimum Gasteiger partial charge on any atom is -0.789 e. The minimum atomic E-state index is 0. The van der Waals surface area contributed by atoms with Gasteiger partial charge in [-0.1, -0.05) is 0 Å². The number of hydrogen-bond donors (Lipinski definition) is 0. The first-order chi connectivity index (χ1) is 5.31. The van der Waals surface area contributed by atoms with E-state index < -0.39 is 0 Å². The molecule has 0 spiro atoms. The van der Waals surface area contributed by atoms with Crippen LogP contribution in [0.5, 0.6) is 0 Å². The average molecular weight is 242 g/mol. The van der Waals surface area contributed by atoms with Gasteiger partial charge in [0.05, 0.1) is 0 Å². The van der Waals surface area contributed by atoms with Crippen molar-refractivity contribution in [3.63, 3.8) is 0 Å². The summed E-state index contributed by atoms with van der Waals surface area (Å²) in [6.45, 7) is 0. The molecule has 0 aromatic rings. The molecular formula is C8H7CoOS2+. The number of allylic oxidation sites excluding steroid dienone is 1. The SMILES string of the molecule is O=C/C([S-])=C/[S-].[CH]1[CH][CH][CH][CH]1.[Co+3]. The van der Waals surface area contributed by atoms with Gasteiger partial charge < -0.3 is 30.1 Å². The topological polar surface area (TPSA) is 17.1 Å². The molecule has 1 aliphatic rings. The van der Waals surface area contributed by atoms with Crippen molar-refractivity contribution in [2.75, 3.05) is 0 Å². The Hall–Kier alpha value is 0.356. The summed E-state index contributed by atoms with van der Waals surface area (Å²) in [4.78, 5) is 9.68. The first kappa shape index (κ1) is 14.9. The van der Waals surface area contributed by atoms with E-state index in [1.54, 1.807) is 0 Å². The van der Waals surface area contributed by atoms with E-state index in [0.29, 0.717) is 6.29 Å². The molecule has 0 bridgehead atoms. The predicted molar refractivity (Wildman–Crippen MR) is 50.4 cm³/mol. The van der Waals surface area contributed by atoms with E-state index in [1.165, 1.54) is 5.41 Å². The fraction of sp³-hybridized carbons (Fsp3) is 0. The number of carbonyl (C=O) groups is 1. The molecule has 0 atom stereocenters. The Labute approximate surface area is 95.4 Å².